The zero-order valence-corrected chi connectivity index (χ0v) is 18.1. The Balaban J connectivity index is 1.67. The summed E-state index contributed by atoms with van der Waals surface area (Å²) in [6.07, 6.45) is 4.19. The minimum Gasteiger partial charge on any atom is -0.480 e. The summed E-state index contributed by atoms with van der Waals surface area (Å²) < 4.78 is 5.47. The third-order valence-electron chi connectivity index (χ3n) is 5.37. The second kappa shape index (κ2) is 10.9. The molecule has 33 heavy (non-hydrogen) atoms. The minimum atomic E-state index is -1.26. The number of carbonyl (C=O) groups is 3. The molecule has 3 rings (SSSR count). The number of terminal acetylenes is 1. The van der Waals surface area contributed by atoms with E-state index in [1.54, 1.807) is 6.92 Å². The van der Waals surface area contributed by atoms with Crippen LogP contribution in [-0.2, 0) is 14.3 Å². The van der Waals surface area contributed by atoms with E-state index in [4.69, 9.17) is 11.2 Å². The van der Waals surface area contributed by atoms with Crippen molar-refractivity contribution < 1.29 is 24.2 Å². The van der Waals surface area contributed by atoms with E-state index in [2.05, 4.69) is 28.4 Å². The average Bonchev–Trinajstić information content (AvgIpc) is 3.13. The second-order valence-corrected chi connectivity index (χ2v) is 7.46. The van der Waals surface area contributed by atoms with Gasteiger partial charge in [-0.1, -0.05) is 48.5 Å². The smallest absolute Gasteiger partial charge is 0.407 e. The monoisotopic (exact) mass is 444 g/mol. The summed E-state index contributed by atoms with van der Waals surface area (Å²) in [4.78, 5) is 36.4. The molecule has 1 aliphatic rings. The van der Waals surface area contributed by atoms with E-state index in [-0.39, 0.29) is 25.4 Å². The van der Waals surface area contributed by atoms with Crippen molar-refractivity contribution in [2.75, 3.05) is 6.61 Å². The molecule has 0 aromatic heterocycles. The molecule has 2 unspecified atom stereocenters. The lowest BCUT2D eigenvalue weighted by atomic mass is 9.98. The quantitative estimate of drug-likeness (QED) is 0.543. The first-order chi connectivity index (χ1) is 16.0. The van der Waals surface area contributed by atoms with Gasteiger partial charge in [0.2, 0.25) is 5.91 Å². The van der Waals surface area contributed by atoms with E-state index in [0.717, 1.165) is 22.3 Å². The van der Waals surface area contributed by atoms with Crippen LogP contribution in [0.1, 0.15) is 36.8 Å². The minimum absolute atomic E-state index is 0.00504. The van der Waals surface area contributed by atoms with E-state index < -0.39 is 30.1 Å². The fourth-order valence-electron chi connectivity index (χ4n) is 3.79. The van der Waals surface area contributed by atoms with Crippen LogP contribution in [0.2, 0.25) is 0 Å². The summed E-state index contributed by atoms with van der Waals surface area (Å²) in [5.74, 6) is 5.50. The molecule has 7 heteroatoms. The molecular weight excluding hydrogens is 420 g/mol. The molecule has 7 nitrogen and oxygen atoms in total. The Morgan fingerprint density at radius 1 is 1.00 bits per heavy atom. The summed E-state index contributed by atoms with van der Waals surface area (Å²) in [6.45, 7) is 1.68. The van der Waals surface area contributed by atoms with E-state index >= 15 is 0 Å². The van der Waals surface area contributed by atoms with Crippen LogP contribution in [0.3, 0.4) is 0 Å². The average molecular weight is 444 g/mol. The zero-order chi connectivity index (χ0) is 23.8. The Morgan fingerprint density at radius 2 is 1.61 bits per heavy atom. The van der Waals surface area contributed by atoms with Crippen molar-refractivity contribution in [2.45, 2.75) is 37.8 Å². The number of amides is 2. The molecule has 0 saturated carbocycles. The standard InChI is InChI=1S/C26H24N2O5/c1-3-5-15-22(24(29)27-23(10-4-2)25(30)31)28-26(32)33-16-21-19-13-8-6-11-17(19)18-12-7-9-14-20(18)21/h2,6-9,11-14,21-23H,10,15-16H2,1H3,(H,27,29)(H,28,32)(H,30,31). The lowest BCUT2D eigenvalue weighted by Crippen LogP contribution is -2.51. The maximum atomic E-state index is 12.6. The Labute approximate surface area is 192 Å². The fourth-order valence-corrected chi connectivity index (χ4v) is 3.79. The number of carboxylic acids is 1. The summed E-state index contributed by atoms with van der Waals surface area (Å²) in [7, 11) is 0. The molecule has 1 aliphatic carbocycles. The van der Waals surface area contributed by atoms with Gasteiger partial charge in [-0.05, 0) is 29.2 Å². The molecule has 168 valence electrons. The molecule has 0 heterocycles. The number of hydrogen-bond acceptors (Lipinski definition) is 4. The van der Waals surface area contributed by atoms with Crippen LogP contribution in [0.4, 0.5) is 4.79 Å². The zero-order valence-electron chi connectivity index (χ0n) is 18.1. The van der Waals surface area contributed by atoms with Crippen LogP contribution in [0.15, 0.2) is 48.5 Å². The van der Waals surface area contributed by atoms with Gasteiger partial charge >= 0.3 is 12.1 Å². The Kier molecular flexibility index (Phi) is 7.73. The van der Waals surface area contributed by atoms with Gasteiger partial charge in [0, 0.05) is 18.8 Å². The molecule has 0 spiro atoms. The number of nitrogens with one attached hydrogen (secondary N) is 2. The first-order valence-corrected chi connectivity index (χ1v) is 10.4. The van der Waals surface area contributed by atoms with Crippen LogP contribution < -0.4 is 10.6 Å². The van der Waals surface area contributed by atoms with Gasteiger partial charge in [0.15, 0.2) is 0 Å². The van der Waals surface area contributed by atoms with Crippen molar-refractivity contribution in [2.24, 2.45) is 0 Å². The second-order valence-electron chi connectivity index (χ2n) is 7.46. The van der Waals surface area contributed by atoms with Crippen LogP contribution in [-0.4, -0.2) is 41.8 Å². The highest BCUT2D eigenvalue weighted by Gasteiger charge is 2.30. The van der Waals surface area contributed by atoms with E-state index in [1.165, 1.54) is 0 Å². The van der Waals surface area contributed by atoms with Gasteiger partial charge in [-0.15, -0.1) is 24.2 Å². The number of rotatable bonds is 8. The van der Waals surface area contributed by atoms with Gasteiger partial charge in [-0.3, -0.25) is 4.79 Å². The molecule has 2 aromatic rings. The van der Waals surface area contributed by atoms with Gasteiger partial charge in [-0.25, -0.2) is 9.59 Å². The van der Waals surface area contributed by atoms with Crippen molar-refractivity contribution in [3.63, 3.8) is 0 Å². The van der Waals surface area contributed by atoms with E-state index in [1.807, 2.05) is 48.5 Å². The third-order valence-corrected chi connectivity index (χ3v) is 5.37. The predicted octanol–water partition coefficient (Wildman–Crippen LogP) is 2.90. The number of fused-ring (bicyclic) bond motifs is 3. The molecule has 0 saturated heterocycles. The summed E-state index contributed by atoms with van der Waals surface area (Å²) >= 11 is 0. The molecule has 0 aliphatic heterocycles. The lowest BCUT2D eigenvalue weighted by Gasteiger charge is -2.20. The number of carboxylic acid groups (broad SMARTS) is 1. The summed E-state index contributed by atoms with van der Waals surface area (Å²) in [5.41, 5.74) is 4.34. The fraction of sp³-hybridized carbons (Fsp3) is 0.269. The molecule has 2 atom stereocenters. The Hall–Kier alpha value is -4.23. The SMILES string of the molecule is C#CCC(NC(=O)C(CC#CC)NC(=O)OCC1c2ccccc2-c2ccccc21)C(=O)O. The van der Waals surface area contributed by atoms with Crippen LogP contribution in [0.5, 0.6) is 0 Å². The molecule has 0 radical (unpaired) electrons. The topological polar surface area (TPSA) is 105 Å². The van der Waals surface area contributed by atoms with Gasteiger partial charge in [0.1, 0.15) is 18.7 Å². The van der Waals surface area contributed by atoms with E-state index in [0.29, 0.717) is 0 Å². The number of ether oxygens (including phenoxy) is 1. The molecule has 0 fully saturated rings. The third kappa shape index (κ3) is 5.53. The first-order valence-electron chi connectivity index (χ1n) is 10.4. The highest BCUT2D eigenvalue weighted by Crippen LogP contribution is 2.44. The van der Waals surface area contributed by atoms with Crippen molar-refractivity contribution >= 4 is 18.0 Å². The number of benzene rings is 2. The van der Waals surface area contributed by atoms with Crippen molar-refractivity contribution in [1.29, 1.82) is 0 Å². The predicted molar refractivity (Wildman–Crippen MR) is 123 cm³/mol. The Morgan fingerprint density at radius 3 is 2.15 bits per heavy atom. The maximum absolute atomic E-state index is 12.6. The van der Waals surface area contributed by atoms with Crippen LogP contribution in [0, 0.1) is 24.2 Å². The van der Waals surface area contributed by atoms with Crippen molar-refractivity contribution in [3.05, 3.63) is 59.7 Å². The summed E-state index contributed by atoms with van der Waals surface area (Å²) in [6, 6.07) is 13.5. The van der Waals surface area contributed by atoms with Crippen LogP contribution in [0.25, 0.3) is 11.1 Å². The normalized spacial score (nSPS) is 13.2. The molecular formula is C26H24N2O5. The lowest BCUT2D eigenvalue weighted by molar-refractivity contribution is -0.141. The molecule has 2 aromatic carbocycles. The van der Waals surface area contributed by atoms with Crippen molar-refractivity contribution in [3.8, 4) is 35.3 Å². The summed E-state index contributed by atoms with van der Waals surface area (Å²) in [5, 5.41) is 14.0. The largest absolute Gasteiger partial charge is 0.480 e. The first kappa shape index (κ1) is 23.4. The van der Waals surface area contributed by atoms with E-state index in [9.17, 15) is 19.5 Å². The van der Waals surface area contributed by atoms with Crippen LogP contribution >= 0.6 is 0 Å². The van der Waals surface area contributed by atoms with Gasteiger partial charge in [0.25, 0.3) is 0 Å². The maximum Gasteiger partial charge on any atom is 0.407 e. The van der Waals surface area contributed by atoms with Gasteiger partial charge in [-0.2, -0.15) is 0 Å². The molecule has 2 amide bonds. The van der Waals surface area contributed by atoms with Gasteiger partial charge in [0.05, 0.1) is 0 Å². The number of hydrogen-bond donors (Lipinski definition) is 3. The highest BCUT2D eigenvalue weighted by molar-refractivity contribution is 5.89. The Bertz CT molecular complexity index is 1110. The number of alkyl carbamates (subject to hydrolysis) is 1. The highest BCUT2D eigenvalue weighted by atomic mass is 16.5. The number of carbonyl (C=O) groups excluding carboxylic acids is 2. The molecule has 0 bridgehead atoms. The molecule has 3 N–H and O–H groups in total. The van der Waals surface area contributed by atoms with Crippen molar-refractivity contribution in [1.82, 2.24) is 10.6 Å². The van der Waals surface area contributed by atoms with Gasteiger partial charge < -0.3 is 20.5 Å². The number of aliphatic carboxylic acids is 1.